The zero-order valence-corrected chi connectivity index (χ0v) is 32.7. The number of hydrogen-bond donors (Lipinski definition) is 1. The van der Waals surface area contributed by atoms with Gasteiger partial charge in [0.1, 0.15) is 6.61 Å². The minimum Gasteiger partial charge on any atom is -0.462 e. The summed E-state index contributed by atoms with van der Waals surface area (Å²) in [6, 6.07) is 0. The fraction of sp³-hybridized carbons (Fsp3) is 0.864. The van der Waals surface area contributed by atoms with E-state index < -0.39 is 6.10 Å². The highest BCUT2D eigenvalue weighted by molar-refractivity contribution is 5.70. The van der Waals surface area contributed by atoms with Crippen molar-refractivity contribution in [2.24, 2.45) is 0 Å². The molecule has 0 saturated heterocycles. The Hall–Kier alpha value is -1.62. The van der Waals surface area contributed by atoms with E-state index in [1.165, 1.54) is 154 Å². The number of carbonyl (C=O) groups is 2. The van der Waals surface area contributed by atoms with Crippen molar-refractivity contribution >= 4 is 11.9 Å². The molecule has 5 nitrogen and oxygen atoms in total. The second-order valence-electron chi connectivity index (χ2n) is 14.4. The van der Waals surface area contributed by atoms with Crippen LogP contribution in [0.4, 0.5) is 0 Å². The molecule has 0 aromatic heterocycles. The molecule has 288 valence electrons. The van der Waals surface area contributed by atoms with Gasteiger partial charge in [-0.05, 0) is 57.8 Å². The van der Waals surface area contributed by atoms with Crippen LogP contribution in [0.3, 0.4) is 0 Å². The molecule has 0 heterocycles. The fourth-order valence-corrected chi connectivity index (χ4v) is 6.20. The first-order chi connectivity index (χ1) is 24.1. The van der Waals surface area contributed by atoms with Crippen molar-refractivity contribution in [3.63, 3.8) is 0 Å². The van der Waals surface area contributed by atoms with E-state index in [1.54, 1.807) is 0 Å². The standard InChI is InChI=1S/C44H82O5/c1-3-5-7-9-11-13-15-17-18-19-20-21-22-23-24-25-26-27-29-31-33-35-37-39-44(47)49-42(40-45)41-48-43(46)38-36-34-32-30-28-16-14-12-10-8-6-4-2/h12,14,31,33,42,45H,3-11,13,15-30,32,34-41H2,1-2H3/b14-12+,33-31+/t42-/m0/s1. The normalized spacial score (nSPS) is 12.3. The van der Waals surface area contributed by atoms with Crippen molar-refractivity contribution in [3.05, 3.63) is 24.3 Å². The molecule has 0 unspecified atom stereocenters. The summed E-state index contributed by atoms with van der Waals surface area (Å²) in [4.78, 5) is 24.2. The molecule has 0 aliphatic rings. The van der Waals surface area contributed by atoms with Gasteiger partial charge in [0.15, 0.2) is 6.10 Å². The van der Waals surface area contributed by atoms with E-state index in [1.807, 2.05) is 0 Å². The summed E-state index contributed by atoms with van der Waals surface area (Å²) in [6.07, 6.45) is 48.4. The number of hydrogen-bond acceptors (Lipinski definition) is 5. The molecule has 0 spiro atoms. The zero-order valence-electron chi connectivity index (χ0n) is 32.7. The predicted octanol–water partition coefficient (Wildman–Crippen LogP) is 13.5. The molecule has 0 aromatic carbocycles. The molecule has 5 heteroatoms. The summed E-state index contributed by atoms with van der Waals surface area (Å²) in [5, 5.41) is 9.55. The zero-order chi connectivity index (χ0) is 35.7. The van der Waals surface area contributed by atoms with Gasteiger partial charge in [-0.15, -0.1) is 0 Å². The van der Waals surface area contributed by atoms with E-state index in [0.29, 0.717) is 12.8 Å². The number of carbonyl (C=O) groups excluding carboxylic acids is 2. The van der Waals surface area contributed by atoms with Gasteiger partial charge in [0.2, 0.25) is 0 Å². The molecule has 0 rings (SSSR count). The van der Waals surface area contributed by atoms with Gasteiger partial charge in [-0.2, -0.15) is 0 Å². The highest BCUT2D eigenvalue weighted by atomic mass is 16.6. The Morgan fingerprint density at radius 1 is 0.449 bits per heavy atom. The maximum atomic E-state index is 12.2. The van der Waals surface area contributed by atoms with Crippen LogP contribution >= 0.6 is 0 Å². The number of rotatable bonds is 39. The van der Waals surface area contributed by atoms with Crippen LogP contribution in [0.25, 0.3) is 0 Å². The number of unbranched alkanes of at least 4 members (excludes halogenated alkanes) is 27. The average molecular weight is 691 g/mol. The van der Waals surface area contributed by atoms with Crippen LogP contribution in [-0.4, -0.2) is 36.4 Å². The fourth-order valence-electron chi connectivity index (χ4n) is 6.20. The third-order valence-corrected chi connectivity index (χ3v) is 9.47. The Morgan fingerprint density at radius 3 is 1.20 bits per heavy atom. The Bertz CT molecular complexity index is 746. The van der Waals surface area contributed by atoms with Gasteiger partial charge >= 0.3 is 11.9 Å². The average Bonchev–Trinajstić information content (AvgIpc) is 3.10. The summed E-state index contributed by atoms with van der Waals surface area (Å²) >= 11 is 0. The maximum Gasteiger partial charge on any atom is 0.306 e. The van der Waals surface area contributed by atoms with Crippen molar-refractivity contribution in [1.29, 1.82) is 0 Å². The smallest absolute Gasteiger partial charge is 0.306 e. The number of esters is 2. The summed E-state index contributed by atoms with van der Waals surface area (Å²) in [7, 11) is 0. The van der Waals surface area contributed by atoms with E-state index in [4.69, 9.17) is 9.47 Å². The highest BCUT2D eigenvalue weighted by Gasteiger charge is 2.16. The van der Waals surface area contributed by atoms with E-state index in [9.17, 15) is 14.7 Å². The van der Waals surface area contributed by atoms with Crippen molar-refractivity contribution in [1.82, 2.24) is 0 Å². The molecule has 0 aromatic rings. The Balaban J connectivity index is 3.51. The van der Waals surface area contributed by atoms with E-state index in [0.717, 1.165) is 44.9 Å². The minimum atomic E-state index is -0.786. The molecule has 0 aliphatic heterocycles. The number of aliphatic hydroxyl groups excluding tert-OH is 1. The molecule has 0 radical (unpaired) electrons. The van der Waals surface area contributed by atoms with Crippen molar-refractivity contribution in [2.75, 3.05) is 13.2 Å². The number of ether oxygens (including phenoxy) is 2. The number of aliphatic hydroxyl groups is 1. The van der Waals surface area contributed by atoms with Gasteiger partial charge in [0, 0.05) is 12.8 Å². The monoisotopic (exact) mass is 691 g/mol. The first kappa shape index (κ1) is 47.4. The van der Waals surface area contributed by atoms with Gasteiger partial charge in [0.05, 0.1) is 6.61 Å². The lowest BCUT2D eigenvalue weighted by Crippen LogP contribution is -2.28. The van der Waals surface area contributed by atoms with E-state index in [-0.39, 0.29) is 25.2 Å². The largest absolute Gasteiger partial charge is 0.462 e. The first-order valence-electron chi connectivity index (χ1n) is 21.4. The maximum absolute atomic E-state index is 12.2. The third-order valence-electron chi connectivity index (χ3n) is 9.47. The van der Waals surface area contributed by atoms with Crippen LogP contribution in [0, 0.1) is 0 Å². The predicted molar refractivity (Wildman–Crippen MR) is 210 cm³/mol. The highest BCUT2D eigenvalue weighted by Crippen LogP contribution is 2.15. The Labute approximate surface area is 304 Å². The van der Waals surface area contributed by atoms with Crippen LogP contribution in [0.1, 0.15) is 226 Å². The molecule has 0 amide bonds. The van der Waals surface area contributed by atoms with E-state index >= 15 is 0 Å². The lowest BCUT2D eigenvalue weighted by molar-refractivity contribution is -0.161. The van der Waals surface area contributed by atoms with Gasteiger partial charge in [-0.3, -0.25) is 9.59 Å². The Morgan fingerprint density at radius 2 is 0.776 bits per heavy atom. The minimum absolute atomic E-state index is 0.0784. The van der Waals surface area contributed by atoms with Gasteiger partial charge in [0.25, 0.3) is 0 Å². The van der Waals surface area contributed by atoms with Crippen LogP contribution in [0.15, 0.2) is 24.3 Å². The summed E-state index contributed by atoms with van der Waals surface area (Å²) < 4.78 is 10.6. The SMILES string of the molecule is CCCCC/C=C/CCCCCCCC(=O)OC[C@H](CO)OC(=O)CCC/C=C/CCCCCCCCCCCCCCCCCCCC. The topological polar surface area (TPSA) is 72.8 Å². The van der Waals surface area contributed by atoms with Crippen LogP contribution in [0.5, 0.6) is 0 Å². The lowest BCUT2D eigenvalue weighted by Gasteiger charge is -2.15. The summed E-state index contributed by atoms with van der Waals surface area (Å²) in [6.45, 7) is 4.10. The molecule has 1 N–H and O–H groups in total. The molecule has 0 aliphatic carbocycles. The van der Waals surface area contributed by atoms with Crippen LogP contribution < -0.4 is 0 Å². The second-order valence-corrected chi connectivity index (χ2v) is 14.4. The third kappa shape index (κ3) is 39.0. The molecule has 0 bridgehead atoms. The van der Waals surface area contributed by atoms with Crippen LogP contribution in [0.2, 0.25) is 0 Å². The summed E-state index contributed by atoms with van der Waals surface area (Å²) in [5.41, 5.74) is 0. The second kappa shape index (κ2) is 40.8. The van der Waals surface area contributed by atoms with Crippen LogP contribution in [-0.2, 0) is 19.1 Å². The Kier molecular flexibility index (Phi) is 39.5. The van der Waals surface area contributed by atoms with Gasteiger partial charge < -0.3 is 14.6 Å². The lowest BCUT2D eigenvalue weighted by atomic mass is 10.0. The van der Waals surface area contributed by atoms with E-state index in [2.05, 4.69) is 38.2 Å². The summed E-state index contributed by atoms with van der Waals surface area (Å²) in [5.74, 6) is -0.632. The molecule has 0 fully saturated rings. The quantitative estimate of drug-likeness (QED) is 0.0395. The molecular weight excluding hydrogens is 608 g/mol. The molecular formula is C44H82O5. The van der Waals surface area contributed by atoms with Gasteiger partial charge in [-0.25, -0.2) is 0 Å². The van der Waals surface area contributed by atoms with Crippen molar-refractivity contribution < 1.29 is 24.2 Å². The first-order valence-corrected chi connectivity index (χ1v) is 21.4. The van der Waals surface area contributed by atoms with Gasteiger partial charge in [-0.1, -0.05) is 179 Å². The number of allylic oxidation sites excluding steroid dienone is 4. The molecule has 0 saturated carbocycles. The molecule has 1 atom stereocenters. The van der Waals surface area contributed by atoms with Crippen molar-refractivity contribution in [3.8, 4) is 0 Å². The molecule has 49 heavy (non-hydrogen) atoms. The van der Waals surface area contributed by atoms with Crippen molar-refractivity contribution in [2.45, 2.75) is 232 Å².